The molecule has 2 aliphatic rings. The summed E-state index contributed by atoms with van der Waals surface area (Å²) in [4.78, 5) is 14.7. The molecule has 2 aliphatic heterocycles. The van der Waals surface area contributed by atoms with Crippen molar-refractivity contribution in [3.8, 4) is 0 Å². The van der Waals surface area contributed by atoms with E-state index < -0.39 is 10.0 Å². The molecule has 1 unspecified atom stereocenters. The number of piperidine rings is 1. The van der Waals surface area contributed by atoms with Crippen molar-refractivity contribution in [3.05, 3.63) is 29.8 Å². The van der Waals surface area contributed by atoms with Gasteiger partial charge in [0.15, 0.2) is 0 Å². The van der Waals surface area contributed by atoms with Gasteiger partial charge in [0, 0.05) is 31.7 Å². The number of likely N-dealkylation sites (tertiary alicyclic amines) is 1. The van der Waals surface area contributed by atoms with Gasteiger partial charge in [-0.2, -0.15) is 4.31 Å². The Bertz CT molecular complexity index is 733. The highest BCUT2D eigenvalue weighted by Gasteiger charge is 2.35. The standard InChI is InChI=1S/C18H27N3O3S.ClH/c1-18(13-19)9-12-20(14-18)17(22)15-5-7-16(8-6-15)25(23,24)21-10-3-2-4-11-21;/h5-8H,2-4,9-14,19H2,1H3;1H. The van der Waals surface area contributed by atoms with Crippen molar-refractivity contribution >= 4 is 28.3 Å². The number of nitrogens with two attached hydrogens (primary N) is 1. The molecule has 6 nitrogen and oxygen atoms in total. The monoisotopic (exact) mass is 401 g/mol. The molecule has 1 amide bonds. The fraction of sp³-hybridized carbons (Fsp3) is 0.611. The van der Waals surface area contributed by atoms with Crippen LogP contribution in [-0.4, -0.2) is 56.3 Å². The molecule has 0 aliphatic carbocycles. The first-order chi connectivity index (χ1) is 11.9. The number of sulfonamides is 1. The summed E-state index contributed by atoms with van der Waals surface area (Å²) in [5, 5.41) is 0. The van der Waals surface area contributed by atoms with E-state index in [1.807, 2.05) is 0 Å². The summed E-state index contributed by atoms with van der Waals surface area (Å²) >= 11 is 0. The van der Waals surface area contributed by atoms with Crippen molar-refractivity contribution in [1.82, 2.24) is 9.21 Å². The molecule has 2 fully saturated rings. The van der Waals surface area contributed by atoms with E-state index in [0.717, 1.165) is 25.7 Å². The summed E-state index contributed by atoms with van der Waals surface area (Å²) in [6.07, 6.45) is 3.79. The molecule has 1 aromatic carbocycles. The van der Waals surface area contributed by atoms with E-state index in [4.69, 9.17) is 5.73 Å². The average molecular weight is 402 g/mol. The molecule has 0 radical (unpaired) electrons. The summed E-state index contributed by atoms with van der Waals surface area (Å²) in [5.74, 6) is -0.0564. The minimum atomic E-state index is -3.45. The van der Waals surface area contributed by atoms with Gasteiger partial charge in [-0.05, 0) is 55.5 Å². The van der Waals surface area contributed by atoms with Gasteiger partial charge in [0.1, 0.15) is 0 Å². The number of halogens is 1. The van der Waals surface area contributed by atoms with Crippen molar-refractivity contribution in [2.45, 2.75) is 37.5 Å². The quantitative estimate of drug-likeness (QED) is 0.837. The fourth-order valence-electron chi connectivity index (χ4n) is 3.57. The first-order valence-electron chi connectivity index (χ1n) is 8.95. The Morgan fingerprint density at radius 1 is 1.12 bits per heavy atom. The maximum atomic E-state index is 12.7. The van der Waals surface area contributed by atoms with Gasteiger partial charge in [-0.25, -0.2) is 8.42 Å². The highest BCUT2D eigenvalue weighted by molar-refractivity contribution is 7.89. The first kappa shape index (κ1) is 21.2. The third kappa shape index (κ3) is 4.22. The number of nitrogens with zero attached hydrogens (tertiary/aromatic N) is 2. The number of benzene rings is 1. The van der Waals surface area contributed by atoms with Crippen LogP contribution in [0.4, 0.5) is 0 Å². The molecule has 0 saturated carbocycles. The molecule has 2 heterocycles. The predicted octanol–water partition coefficient (Wildman–Crippen LogP) is 2.09. The van der Waals surface area contributed by atoms with E-state index in [9.17, 15) is 13.2 Å². The lowest BCUT2D eigenvalue weighted by Gasteiger charge is -2.26. The number of carbonyl (C=O) groups is 1. The average Bonchev–Trinajstić information content (AvgIpc) is 3.05. The Hall–Kier alpha value is -1.15. The van der Waals surface area contributed by atoms with Gasteiger partial charge < -0.3 is 10.6 Å². The summed E-state index contributed by atoms with van der Waals surface area (Å²) < 4.78 is 26.9. The molecule has 1 aromatic rings. The summed E-state index contributed by atoms with van der Waals surface area (Å²) in [5.41, 5.74) is 6.30. The van der Waals surface area contributed by atoms with Crippen molar-refractivity contribution in [2.24, 2.45) is 11.1 Å². The normalized spacial score (nSPS) is 24.3. The van der Waals surface area contributed by atoms with E-state index in [1.54, 1.807) is 33.5 Å². The molecule has 2 N–H and O–H groups in total. The van der Waals surface area contributed by atoms with E-state index in [-0.39, 0.29) is 28.6 Å². The van der Waals surface area contributed by atoms with E-state index >= 15 is 0 Å². The number of carbonyl (C=O) groups excluding carboxylic acids is 1. The van der Waals surface area contributed by atoms with Crippen LogP contribution < -0.4 is 5.73 Å². The van der Waals surface area contributed by atoms with Crippen molar-refractivity contribution in [2.75, 3.05) is 32.7 Å². The number of amides is 1. The van der Waals surface area contributed by atoms with Crippen LogP contribution in [0, 0.1) is 5.41 Å². The molecule has 2 saturated heterocycles. The fourth-order valence-corrected chi connectivity index (χ4v) is 5.09. The molecule has 3 rings (SSSR count). The van der Waals surface area contributed by atoms with Gasteiger partial charge in [0.05, 0.1) is 4.90 Å². The molecule has 26 heavy (non-hydrogen) atoms. The number of hydrogen-bond donors (Lipinski definition) is 1. The Morgan fingerprint density at radius 3 is 2.27 bits per heavy atom. The second-order valence-electron chi connectivity index (χ2n) is 7.48. The number of rotatable bonds is 4. The third-order valence-electron chi connectivity index (χ3n) is 5.39. The van der Waals surface area contributed by atoms with Crippen LogP contribution in [0.1, 0.15) is 43.0 Å². The van der Waals surface area contributed by atoms with Gasteiger partial charge in [0.2, 0.25) is 10.0 Å². The second-order valence-corrected chi connectivity index (χ2v) is 9.42. The maximum Gasteiger partial charge on any atom is 0.253 e. The second kappa shape index (κ2) is 8.25. The van der Waals surface area contributed by atoms with Crippen LogP contribution in [0.25, 0.3) is 0 Å². The minimum absolute atomic E-state index is 0. The summed E-state index contributed by atoms with van der Waals surface area (Å²) in [6, 6.07) is 6.35. The van der Waals surface area contributed by atoms with Crippen LogP contribution in [0.3, 0.4) is 0 Å². The largest absolute Gasteiger partial charge is 0.338 e. The van der Waals surface area contributed by atoms with Crippen molar-refractivity contribution < 1.29 is 13.2 Å². The maximum absolute atomic E-state index is 12.7. The SMILES string of the molecule is CC1(CN)CCN(C(=O)c2ccc(S(=O)(=O)N3CCCCC3)cc2)C1.Cl. The molecular formula is C18H28ClN3O3S. The van der Waals surface area contributed by atoms with Crippen LogP contribution in [0.5, 0.6) is 0 Å². The minimum Gasteiger partial charge on any atom is -0.338 e. The van der Waals surface area contributed by atoms with Gasteiger partial charge >= 0.3 is 0 Å². The summed E-state index contributed by atoms with van der Waals surface area (Å²) in [6.45, 7) is 5.15. The van der Waals surface area contributed by atoms with Gasteiger partial charge in [-0.15, -0.1) is 12.4 Å². The Labute approximate surface area is 162 Å². The van der Waals surface area contributed by atoms with E-state index in [1.165, 1.54) is 0 Å². The number of hydrogen-bond acceptors (Lipinski definition) is 4. The van der Waals surface area contributed by atoms with E-state index in [2.05, 4.69) is 6.92 Å². The predicted molar refractivity (Wildman–Crippen MR) is 104 cm³/mol. The van der Waals surface area contributed by atoms with Crippen molar-refractivity contribution in [3.63, 3.8) is 0 Å². The van der Waals surface area contributed by atoms with Crippen LogP contribution >= 0.6 is 12.4 Å². The van der Waals surface area contributed by atoms with Crippen molar-refractivity contribution in [1.29, 1.82) is 0 Å². The Balaban J connectivity index is 0.00000243. The molecule has 0 spiro atoms. The zero-order valence-electron chi connectivity index (χ0n) is 15.2. The smallest absolute Gasteiger partial charge is 0.253 e. The summed E-state index contributed by atoms with van der Waals surface area (Å²) in [7, 11) is -3.45. The lowest BCUT2D eigenvalue weighted by molar-refractivity contribution is 0.0777. The lowest BCUT2D eigenvalue weighted by atomic mass is 9.90. The van der Waals surface area contributed by atoms with Gasteiger partial charge in [-0.3, -0.25) is 4.79 Å². The van der Waals surface area contributed by atoms with E-state index in [0.29, 0.717) is 38.3 Å². The topological polar surface area (TPSA) is 83.7 Å². The molecule has 8 heteroatoms. The zero-order chi connectivity index (χ0) is 18.1. The lowest BCUT2D eigenvalue weighted by Crippen LogP contribution is -2.35. The van der Waals surface area contributed by atoms with Crippen LogP contribution in [-0.2, 0) is 10.0 Å². The Kier molecular flexibility index (Phi) is 6.71. The van der Waals surface area contributed by atoms with Gasteiger partial charge in [0.25, 0.3) is 5.91 Å². The van der Waals surface area contributed by atoms with Crippen LogP contribution in [0.2, 0.25) is 0 Å². The highest BCUT2D eigenvalue weighted by atomic mass is 35.5. The highest BCUT2D eigenvalue weighted by Crippen LogP contribution is 2.29. The molecule has 1 atom stereocenters. The molecule has 0 aromatic heterocycles. The molecule has 0 bridgehead atoms. The molecule has 146 valence electrons. The van der Waals surface area contributed by atoms with Gasteiger partial charge in [-0.1, -0.05) is 13.3 Å². The first-order valence-corrected chi connectivity index (χ1v) is 10.4. The Morgan fingerprint density at radius 2 is 1.73 bits per heavy atom. The molecular weight excluding hydrogens is 374 g/mol. The third-order valence-corrected chi connectivity index (χ3v) is 7.30. The van der Waals surface area contributed by atoms with Crippen LogP contribution in [0.15, 0.2) is 29.2 Å². The zero-order valence-corrected chi connectivity index (χ0v) is 16.8.